The number of benzene rings is 1. The van der Waals surface area contributed by atoms with Gasteiger partial charge in [-0.05, 0) is 30.0 Å². The van der Waals surface area contributed by atoms with Crippen molar-refractivity contribution in [1.82, 2.24) is 24.7 Å². The molecule has 0 fully saturated rings. The molecule has 160 valence electrons. The van der Waals surface area contributed by atoms with E-state index in [9.17, 15) is 0 Å². The Hall–Kier alpha value is -3.48. The molecule has 1 N–H and O–H groups in total. The molecule has 0 aliphatic rings. The van der Waals surface area contributed by atoms with Crippen molar-refractivity contribution in [2.24, 2.45) is 13.0 Å². The van der Waals surface area contributed by atoms with E-state index in [0.717, 1.165) is 58.0 Å². The Morgan fingerprint density at radius 3 is 2.71 bits per heavy atom. The molecular weight excluding hydrogens is 388 g/mol. The summed E-state index contributed by atoms with van der Waals surface area (Å²) < 4.78 is 7.46. The molecule has 3 heterocycles. The Labute approximate surface area is 182 Å². The molecule has 1 aromatic carbocycles. The van der Waals surface area contributed by atoms with Crippen molar-refractivity contribution in [2.45, 2.75) is 26.7 Å². The van der Waals surface area contributed by atoms with E-state index in [1.807, 2.05) is 37.8 Å². The Morgan fingerprint density at radius 2 is 1.97 bits per heavy atom. The number of rotatable bonds is 8. The van der Waals surface area contributed by atoms with Gasteiger partial charge in [-0.1, -0.05) is 26.0 Å². The summed E-state index contributed by atoms with van der Waals surface area (Å²) >= 11 is 0. The number of hydrogen-bond acceptors (Lipinski definition) is 6. The van der Waals surface area contributed by atoms with Gasteiger partial charge < -0.3 is 10.1 Å². The predicted octanol–water partition coefficient (Wildman–Crippen LogP) is 4.48. The first kappa shape index (κ1) is 20.8. The standard InChI is InChI=1S/C24H28N6O/c1-16(2)7-9-25-24-23-19(8-10-26-24)13-27-22(29-23)12-18-6-5-17(11-21(18)31-4)20-14-28-30(3)15-20/h5-6,8,10-11,13-16H,7,9,12H2,1-4H3,(H,25,26). The van der Waals surface area contributed by atoms with Crippen LogP contribution in [0.25, 0.3) is 22.0 Å². The smallest absolute Gasteiger partial charge is 0.152 e. The second kappa shape index (κ2) is 9.12. The highest BCUT2D eigenvalue weighted by atomic mass is 16.5. The summed E-state index contributed by atoms with van der Waals surface area (Å²) in [5, 5.41) is 8.65. The maximum absolute atomic E-state index is 5.67. The fourth-order valence-corrected chi connectivity index (χ4v) is 3.50. The number of pyridine rings is 1. The third-order valence-electron chi connectivity index (χ3n) is 5.24. The van der Waals surface area contributed by atoms with Crippen LogP contribution in [0.5, 0.6) is 5.75 Å². The lowest BCUT2D eigenvalue weighted by Crippen LogP contribution is -2.08. The van der Waals surface area contributed by atoms with Gasteiger partial charge in [0, 0.05) is 55.1 Å². The number of fused-ring (bicyclic) bond motifs is 1. The first-order valence-electron chi connectivity index (χ1n) is 10.5. The summed E-state index contributed by atoms with van der Waals surface area (Å²) in [5.74, 6) is 2.99. The Bertz CT molecular complexity index is 1180. The molecule has 0 unspecified atom stereocenters. The van der Waals surface area contributed by atoms with Gasteiger partial charge in [-0.15, -0.1) is 0 Å². The predicted molar refractivity (Wildman–Crippen MR) is 123 cm³/mol. The van der Waals surface area contributed by atoms with E-state index < -0.39 is 0 Å². The summed E-state index contributed by atoms with van der Waals surface area (Å²) in [7, 11) is 3.60. The van der Waals surface area contributed by atoms with Crippen molar-refractivity contribution in [1.29, 1.82) is 0 Å². The second-order valence-electron chi connectivity index (χ2n) is 8.10. The fraction of sp³-hybridized carbons (Fsp3) is 0.333. The van der Waals surface area contributed by atoms with Gasteiger partial charge >= 0.3 is 0 Å². The summed E-state index contributed by atoms with van der Waals surface area (Å²) in [6.45, 7) is 5.30. The average Bonchev–Trinajstić information content (AvgIpc) is 3.20. The van der Waals surface area contributed by atoms with E-state index in [1.54, 1.807) is 18.0 Å². The van der Waals surface area contributed by atoms with Crippen LogP contribution >= 0.6 is 0 Å². The fourth-order valence-electron chi connectivity index (χ4n) is 3.50. The molecule has 4 rings (SSSR count). The average molecular weight is 417 g/mol. The van der Waals surface area contributed by atoms with Crippen LogP contribution in [0.1, 0.15) is 31.7 Å². The number of nitrogens with zero attached hydrogens (tertiary/aromatic N) is 5. The topological polar surface area (TPSA) is 77.8 Å². The molecule has 0 aliphatic heterocycles. The Balaban J connectivity index is 1.60. The third kappa shape index (κ3) is 4.82. The number of hydrogen-bond donors (Lipinski definition) is 1. The summed E-state index contributed by atoms with van der Waals surface area (Å²) in [5.41, 5.74) is 4.00. The molecule has 0 atom stereocenters. The minimum atomic E-state index is 0.576. The van der Waals surface area contributed by atoms with Crippen molar-refractivity contribution < 1.29 is 4.74 Å². The normalized spacial score (nSPS) is 11.3. The van der Waals surface area contributed by atoms with E-state index in [2.05, 4.69) is 46.4 Å². The zero-order valence-electron chi connectivity index (χ0n) is 18.5. The number of aryl methyl sites for hydroxylation is 1. The second-order valence-corrected chi connectivity index (χ2v) is 8.10. The molecule has 0 spiro atoms. The first-order valence-corrected chi connectivity index (χ1v) is 10.5. The number of methoxy groups -OCH3 is 1. The number of anilines is 1. The van der Waals surface area contributed by atoms with Crippen LogP contribution in [-0.2, 0) is 13.5 Å². The summed E-state index contributed by atoms with van der Waals surface area (Å²) in [6.07, 6.45) is 9.15. The van der Waals surface area contributed by atoms with Gasteiger partial charge in [0.15, 0.2) is 5.82 Å². The highest BCUT2D eigenvalue weighted by molar-refractivity contribution is 5.87. The van der Waals surface area contributed by atoms with Gasteiger partial charge in [-0.3, -0.25) is 4.68 Å². The molecule has 0 radical (unpaired) electrons. The lowest BCUT2D eigenvalue weighted by atomic mass is 10.0. The van der Waals surface area contributed by atoms with Gasteiger partial charge in [0.2, 0.25) is 0 Å². The molecule has 0 saturated heterocycles. The van der Waals surface area contributed by atoms with E-state index in [4.69, 9.17) is 9.72 Å². The lowest BCUT2D eigenvalue weighted by Gasteiger charge is -2.12. The summed E-state index contributed by atoms with van der Waals surface area (Å²) in [4.78, 5) is 13.9. The molecule has 0 amide bonds. The SMILES string of the molecule is COc1cc(-c2cnn(C)c2)ccc1Cc1ncc2ccnc(NCCC(C)C)c2n1. The minimum absolute atomic E-state index is 0.576. The Morgan fingerprint density at radius 1 is 1.10 bits per heavy atom. The zero-order valence-corrected chi connectivity index (χ0v) is 18.5. The van der Waals surface area contributed by atoms with Crippen molar-refractivity contribution in [3.8, 4) is 16.9 Å². The van der Waals surface area contributed by atoms with E-state index in [0.29, 0.717) is 12.3 Å². The van der Waals surface area contributed by atoms with E-state index in [-0.39, 0.29) is 0 Å². The molecule has 7 nitrogen and oxygen atoms in total. The molecule has 0 saturated carbocycles. The highest BCUT2D eigenvalue weighted by Crippen LogP contribution is 2.28. The molecule has 3 aromatic heterocycles. The first-order chi connectivity index (χ1) is 15.0. The van der Waals surface area contributed by atoms with Gasteiger partial charge in [0.25, 0.3) is 0 Å². The zero-order chi connectivity index (χ0) is 21.8. The monoisotopic (exact) mass is 416 g/mol. The quantitative estimate of drug-likeness (QED) is 0.456. The van der Waals surface area contributed by atoms with Gasteiger partial charge in [-0.25, -0.2) is 15.0 Å². The highest BCUT2D eigenvalue weighted by Gasteiger charge is 2.12. The minimum Gasteiger partial charge on any atom is -0.496 e. The van der Waals surface area contributed by atoms with Crippen LogP contribution in [0.2, 0.25) is 0 Å². The molecule has 0 bridgehead atoms. The van der Waals surface area contributed by atoms with Crippen LogP contribution < -0.4 is 10.1 Å². The molecular formula is C24H28N6O. The van der Waals surface area contributed by atoms with Crippen LogP contribution in [0.3, 0.4) is 0 Å². The number of nitrogens with one attached hydrogen (secondary N) is 1. The van der Waals surface area contributed by atoms with Crippen molar-refractivity contribution in [2.75, 3.05) is 19.0 Å². The van der Waals surface area contributed by atoms with Gasteiger partial charge in [0.1, 0.15) is 17.1 Å². The maximum atomic E-state index is 5.67. The van der Waals surface area contributed by atoms with Crippen LogP contribution in [-0.4, -0.2) is 38.4 Å². The van der Waals surface area contributed by atoms with Crippen LogP contribution in [0.15, 0.2) is 49.1 Å². The maximum Gasteiger partial charge on any atom is 0.152 e. The van der Waals surface area contributed by atoms with Crippen LogP contribution in [0, 0.1) is 5.92 Å². The molecule has 7 heteroatoms. The van der Waals surface area contributed by atoms with Gasteiger partial charge in [0.05, 0.1) is 13.3 Å². The van der Waals surface area contributed by atoms with Crippen molar-refractivity contribution in [3.63, 3.8) is 0 Å². The molecule has 31 heavy (non-hydrogen) atoms. The molecule has 0 aliphatic carbocycles. The van der Waals surface area contributed by atoms with Crippen molar-refractivity contribution >= 4 is 16.7 Å². The largest absolute Gasteiger partial charge is 0.496 e. The van der Waals surface area contributed by atoms with E-state index in [1.165, 1.54) is 0 Å². The number of ether oxygens (including phenoxy) is 1. The molecule has 4 aromatic rings. The Kier molecular flexibility index (Phi) is 6.11. The van der Waals surface area contributed by atoms with Gasteiger partial charge in [-0.2, -0.15) is 5.10 Å². The van der Waals surface area contributed by atoms with E-state index >= 15 is 0 Å². The third-order valence-corrected chi connectivity index (χ3v) is 5.24. The van der Waals surface area contributed by atoms with Crippen molar-refractivity contribution in [3.05, 3.63) is 60.4 Å². The number of aromatic nitrogens is 5. The summed E-state index contributed by atoms with van der Waals surface area (Å²) in [6, 6.07) is 8.12. The lowest BCUT2D eigenvalue weighted by molar-refractivity contribution is 0.410. The van der Waals surface area contributed by atoms with Crippen LogP contribution in [0.4, 0.5) is 5.82 Å².